The predicted molar refractivity (Wildman–Crippen MR) is 120 cm³/mol. The molecule has 0 radical (unpaired) electrons. The van der Waals surface area contributed by atoms with Crippen LogP contribution in [-0.2, 0) is 6.42 Å². The van der Waals surface area contributed by atoms with Gasteiger partial charge < -0.3 is 19.0 Å². The fraction of sp³-hybridized carbons (Fsp3) is 0.654. The molecule has 2 aliphatic carbocycles. The highest BCUT2D eigenvalue weighted by molar-refractivity contribution is 5.89. The number of aliphatic hydroxyl groups is 1. The van der Waals surface area contributed by atoms with Crippen molar-refractivity contribution in [3.05, 3.63) is 33.7 Å². The summed E-state index contributed by atoms with van der Waals surface area (Å²) in [6.45, 7) is 11.2. The molecule has 2 fully saturated rings. The van der Waals surface area contributed by atoms with Gasteiger partial charge in [-0.15, -0.1) is 0 Å². The third kappa shape index (κ3) is 2.62. The first kappa shape index (κ1) is 20.9. The van der Waals surface area contributed by atoms with Gasteiger partial charge in [-0.25, -0.2) is 4.79 Å². The highest BCUT2D eigenvalue weighted by Crippen LogP contribution is 2.68. The predicted octanol–water partition coefficient (Wildman–Crippen LogP) is 5.02. The third-order valence-corrected chi connectivity index (χ3v) is 9.54. The molecule has 5 atom stereocenters. The van der Waals surface area contributed by atoms with Gasteiger partial charge in [0.1, 0.15) is 23.2 Å². The molecule has 5 rings (SSSR count). The number of rotatable bonds is 2. The van der Waals surface area contributed by atoms with Crippen LogP contribution in [0.2, 0.25) is 0 Å². The monoisotopic (exact) mass is 426 g/mol. The zero-order chi connectivity index (χ0) is 22.3. The van der Waals surface area contributed by atoms with Crippen LogP contribution in [0.1, 0.15) is 64.5 Å². The Hall–Kier alpha value is -2.01. The third-order valence-electron chi connectivity index (χ3n) is 9.54. The standard InChI is InChI=1S/C26H34O5/c1-14-11-15(29-6)12-17-21(14)22-16(23(28)30-17)13-20(31-22)26(5)9-7-18-24(2,3)19(27)8-10-25(18,26)4/h11-12,18-20,27H,7-10,13H2,1-6H3/t18-,19-,20-,25-,26+/m0/s1. The molecule has 0 bridgehead atoms. The molecule has 1 aliphatic heterocycles. The Labute approximate surface area is 183 Å². The smallest absolute Gasteiger partial charge is 0.343 e. The van der Waals surface area contributed by atoms with Crippen LogP contribution in [0.25, 0.3) is 11.0 Å². The average Bonchev–Trinajstić information content (AvgIpc) is 3.27. The van der Waals surface area contributed by atoms with Crippen LogP contribution in [-0.4, -0.2) is 24.4 Å². The summed E-state index contributed by atoms with van der Waals surface area (Å²) in [5.41, 5.74) is 1.72. The van der Waals surface area contributed by atoms with Crippen molar-refractivity contribution in [2.75, 3.05) is 7.11 Å². The van der Waals surface area contributed by atoms with E-state index < -0.39 is 0 Å². The van der Waals surface area contributed by atoms with Crippen LogP contribution in [0, 0.1) is 29.1 Å². The zero-order valence-electron chi connectivity index (χ0n) is 19.5. The molecule has 2 aromatic rings. The normalized spacial score (nSPS) is 36.2. The quantitative estimate of drug-likeness (QED) is 0.683. The Kier molecular flexibility index (Phi) is 4.38. The molecule has 0 saturated heterocycles. The Morgan fingerprint density at radius 3 is 2.52 bits per heavy atom. The second kappa shape index (κ2) is 6.50. The average molecular weight is 427 g/mol. The molecule has 2 saturated carbocycles. The fourth-order valence-corrected chi connectivity index (χ4v) is 7.32. The molecule has 1 N–H and O–H groups in total. The molecular formula is C26H34O5. The molecule has 168 valence electrons. The van der Waals surface area contributed by atoms with E-state index in [4.69, 9.17) is 13.9 Å². The molecule has 0 amide bonds. The van der Waals surface area contributed by atoms with E-state index in [-0.39, 0.29) is 34.1 Å². The zero-order valence-corrected chi connectivity index (χ0v) is 19.5. The summed E-state index contributed by atoms with van der Waals surface area (Å²) in [5, 5.41) is 11.6. The topological polar surface area (TPSA) is 68.9 Å². The summed E-state index contributed by atoms with van der Waals surface area (Å²) in [5.74, 6) is 1.80. The van der Waals surface area contributed by atoms with Gasteiger partial charge in [0.2, 0.25) is 0 Å². The van der Waals surface area contributed by atoms with E-state index in [0.29, 0.717) is 35.0 Å². The molecular weight excluding hydrogens is 392 g/mol. The first-order valence-corrected chi connectivity index (χ1v) is 11.5. The highest BCUT2D eigenvalue weighted by Gasteiger charge is 2.65. The molecule has 31 heavy (non-hydrogen) atoms. The summed E-state index contributed by atoms with van der Waals surface area (Å²) in [7, 11) is 1.61. The first-order valence-electron chi connectivity index (χ1n) is 11.5. The summed E-state index contributed by atoms with van der Waals surface area (Å²) < 4.78 is 17.7. The summed E-state index contributed by atoms with van der Waals surface area (Å²) in [4.78, 5) is 12.9. The van der Waals surface area contributed by atoms with Crippen molar-refractivity contribution < 1.29 is 19.0 Å². The summed E-state index contributed by atoms with van der Waals surface area (Å²) in [6, 6.07) is 3.72. The minimum Gasteiger partial charge on any atom is -0.497 e. The van der Waals surface area contributed by atoms with Crippen molar-refractivity contribution >= 4 is 11.0 Å². The lowest BCUT2D eigenvalue weighted by Crippen LogP contribution is -2.55. The molecule has 0 spiro atoms. The van der Waals surface area contributed by atoms with Crippen LogP contribution in [0.15, 0.2) is 21.3 Å². The van der Waals surface area contributed by atoms with Crippen LogP contribution >= 0.6 is 0 Å². The minimum atomic E-state index is -0.305. The van der Waals surface area contributed by atoms with Gasteiger partial charge in [-0.3, -0.25) is 0 Å². The second-order valence-electron chi connectivity index (χ2n) is 11.1. The Morgan fingerprint density at radius 1 is 1.10 bits per heavy atom. The Bertz CT molecular complexity index is 1110. The number of hydrogen-bond acceptors (Lipinski definition) is 5. The van der Waals surface area contributed by atoms with Gasteiger partial charge >= 0.3 is 5.63 Å². The summed E-state index contributed by atoms with van der Waals surface area (Å²) >= 11 is 0. The SMILES string of the molecule is COc1cc(C)c2c3c(c(=O)oc2c1)C[C@@H]([C@@]1(C)CC[C@H]2C(C)(C)[C@@H](O)CC[C@@]21C)O3. The Balaban J connectivity index is 1.58. The summed E-state index contributed by atoms with van der Waals surface area (Å²) in [6.07, 6.45) is 4.18. The van der Waals surface area contributed by atoms with E-state index in [1.165, 1.54) is 0 Å². The van der Waals surface area contributed by atoms with Gasteiger partial charge in [-0.1, -0.05) is 27.7 Å². The van der Waals surface area contributed by atoms with E-state index in [2.05, 4.69) is 27.7 Å². The number of fused-ring (bicyclic) bond motifs is 4. The fourth-order valence-electron chi connectivity index (χ4n) is 7.32. The number of ether oxygens (including phenoxy) is 2. The van der Waals surface area contributed by atoms with Gasteiger partial charge in [0.05, 0.1) is 24.2 Å². The molecule has 2 heterocycles. The molecule has 5 heteroatoms. The van der Waals surface area contributed by atoms with Crippen molar-refractivity contribution in [1.82, 2.24) is 0 Å². The van der Waals surface area contributed by atoms with Crippen molar-refractivity contribution in [2.24, 2.45) is 22.2 Å². The molecule has 1 aromatic heterocycles. The lowest BCUT2D eigenvalue weighted by molar-refractivity contribution is -0.131. The molecule has 5 nitrogen and oxygen atoms in total. The molecule has 0 unspecified atom stereocenters. The maximum Gasteiger partial charge on any atom is 0.343 e. The van der Waals surface area contributed by atoms with Crippen LogP contribution in [0.5, 0.6) is 11.5 Å². The van der Waals surface area contributed by atoms with Crippen molar-refractivity contribution in [1.29, 1.82) is 0 Å². The minimum absolute atomic E-state index is 0.0523. The second-order valence-corrected chi connectivity index (χ2v) is 11.1. The lowest BCUT2D eigenvalue weighted by Gasteiger charge is -2.56. The van der Waals surface area contributed by atoms with Gasteiger partial charge in [0.25, 0.3) is 0 Å². The van der Waals surface area contributed by atoms with E-state index >= 15 is 0 Å². The van der Waals surface area contributed by atoms with Gasteiger partial charge in [-0.2, -0.15) is 0 Å². The van der Waals surface area contributed by atoms with Crippen LogP contribution in [0.4, 0.5) is 0 Å². The van der Waals surface area contributed by atoms with Crippen LogP contribution in [0.3, 0.4) is 0 Å². The van der Waals surface area contributed by atoms with Crippen LogP contribution < -0.4 is 15.1 Å². The molecule has 1 aromatic carbocycles. The van der Waals surface area contributed by atoms with Crippen molar-refractivity contribution in [3.8, 4) is 11.5 Å². The van der Waals surface area contributed by atoms with Gasteiger partial charge in [-0.05, 0) is 61.0 Å². The lowest BCUT2D eigenvalue weighted by atomic mass is 9.50. The van der Waals surface area contributed by atoms with Gasteiger partial charge in [0.15, 0.2) is 0 Å². The maximum atomic E-state index is 12.9. The number of methoxy groups -OCH3 is 1. The van der Waals surface area contributed by atoms with Crippen molar-refractivity contribution in [2.45, 2.75) is 78.9 Å². The van der Waals surface area contributed by atoms with E-state index in [1.54, 1.807) is 13.2 Å². The number of hydrogen-bond donors (Lipinski definition) is 1. The largest absolute Gasteiger partial charge is 0.497 e. The Morgan fingerprint density at radius 2 is 1.81 bits per heavy atom. The first-order chi connectivity index (χ1) is 14.5. The number of benzene rings is 1. The molecule has 3 aliphatic rings. The van der Waals surface area contributed by atoms with E-state index in [0.717, 1.165) is 36.6 Å². The van der Waals surface area contributed by atoms with E-state index in [9.17, 15) is 9.90 Å². The number of aliphatic hydroxyl groups excluding tert-OH is 1. The maximum absolute atomic E-state index is 12.9. The highest BCUT2D eigenvalue weighted by atomic mass is 16.5. The van der Waals surface area contributed by atoms with Crippen molar-refractivity contribution in [3.63, 3.8) is 0 Å². The number of aryl methyl sites for hydroxylation is 1. The van der Waals surface area contributed by atoms with E-state index in [1.807, 2.05) is 13.0 Å². The van der Waals surface area contributed by atoms with Gasteiger partial charge in [0, 0.05) is 17.9 Å².